The first-order valence-electron chi connectivity index (χ1n) is 5.23. The Bertz CT molecular complexity index is 578. The summed E-state index contributed by atoms with van der Waals surface area (Å²) in [6, 6.07) is 5.35. The Morgan fingerprint density at radius 1 is 1.33 bits per heavy atom. The van der Waals surface area contributed by atoms with Gasteiger partial charge in [0, 0.05) is 5.56 Å². The smallest absolute Gasteiger partial charge is 0.284 e. The number of hydrogen-bond donors (Lipinski definition) is 2. The molecule has 1 heterocycles. The van der Waals surface area contributed by atoms with Crippen molar-refractivity contribution >= 4 is 5.91 Å². The minimum Gasteiger partial charge on any atom is -0.497 e. The van der Waals surface area contributed by atoms with E-state index in [-0.39, 0.29) is 5.82 Å². The number of H-pyrrole nitrogens is 1. The molecule has 0 aliphatic carbocycles. The topological polar surface area (TPSA) is 90.2 Å². The summed E-state index contributed by atoms with van der Waals surface area (Å²) in [4.78, 5) is 17.7. The number of aromatic amines is 1. The van der Waals surface area contributed by atoms with E-state index >= 15 is 0 Å². The number of methoxy groups -OCH3 is 2. The van der Waals surface area contributed by atoms with Gasteiger partial charge in [-0.05, 0) is 18.2 Å². The molecular weight excluding hydrogens is 234 g/mol. The van der Waals surface area contributed by atoms with Crippen molar-refractivity contribution in [3.63, 3.8) is 0 Å². The van der Waals surface area contributed by atoms with E-state index < -0.39 is 5.91 Å². The van der Waals surface area contributed by atoms with Crippen molar-refractivity contribution in [3.05, 3.63) is 30.2 Å². The van der Waals surface area contributed by atoms with E-state index in [0.29, 0.717) is 17.2 Å². The van der Waals surface area contributed by atoms with Gasteiger partial charge in [0.25, 0.3) is 5.91 Å². The molecule has 2 rings (SSSR count). The third kappa shape index (κ3) is 2.13. The maximum atomic E-state index is 11.0. The molecule has 0 unspecified atom stereocenters. The highest BCUT2D eigenvalue weighted by Gasteiger charge is 2.12. The number of nitrogens with two attached hydrogens (primary N) is 1. The van der Waals surface area contributed by atoms with E-state index in [1.807, 2.05) is 0 Å². The van der Waals surface area contributed by atoms with Gasteiger partial charge < -0.3 is 20.2 Å². The first-order valence-corrected chi connectivity index (χ1v) is 5.23. The van der Waals surface area contributed by atoms with Gasteiger partial charge in [0.15, 0.2) is 5.82 Å². The molecule has 1 amide bonds. The number of nitrogens with zero attached hydrogens (tertiary/aromatic N) is 1. The number of benzene rings is 1. The van der Waals surface area contributed by atoms with Crippen LogP contribution in [0.15, 0.2) is 24.4 Å². The first-order chi connectivity index (χ1) is 8.65. The number of amides is 1. The molecule has 2 aromatic rings. The number of carbonyl (C=O) groups is 1. The van der Waals surface area contributed by atoms with Gasteiger partial charge in [-0.2, -0.15) is 0 Å². The van der Waals surface area contributed by atoms with Crippen molar-refractivity contribution in [1.82, 2.24) is 9.97 Å². The zero-order chi connectivity index (χ0) is 13.1. The molecule has 0 aliphatic heterocycles. The molecular formula is C12H13N3O3. The Hall–Kier alpha value is -2.50. The van der Waals surface area contributed by atoms with Gasteiger partial charge in [0.1, 0.15) is 11.5 Å². The van der Waals surface area contributed by atoms with Crippen LogP contribution in [0, 0.1) is 0 Å². The van der Waals surface area contributed by atoms with Crippen LogP contribution in [-0.4, -0.2) is 30.1 Å². The predicted molar refractivity (Wildman–Crippen MR) is 65.6 cm³/mol. The highest BCUT2D eigenvalue weighted by Crippen LogP contribution is 2.32. The average molecular weight is 247 g/mol. The van der Waals surface area contributed by atoms with Gasteiger partial charge in [0.2, 0.25) is 0 Å². The Kier molecular flexibility index (Phi) is 3.18. The summed E-state index contributed by atoms with van der Waals surface area (Å²) in [6.07, 6.45) is 1.53. The molecule has 18 heavy (non-hydrogen) atoms. The SMILES string of the molecule is COc1ccc(OC)c(-c2cnc(C(N)=O)[nH]2)c1. The average Bonchev–Trinajstić information content (AvgIpc) is 2.87. The van der Waals surface area contributed by atoms with Crippen LogP contribution in [0.1, 0.15) is 10.6 Å². The number of ether oxygens (including phenoxy) is 2. The zero-order valence-corrected chi connectivity index (χ0v) is 10.1. The molecule has 0 saturated carbocycles. The normalized spacial score (nSPS) is 10.1. The first kappa shape index (κ1) is 12.0. The standard InChI is InChI=1S/C12H13N3O3/c1-17-7-3-4-10(18-2)8(5-7)9-6-14-12(15-9)11(13)16/h3-6H,1-2H3,(H2,13,16)(H,14,15). The van der Waals surface area contributed by atoms with Crippen molar-refractivity contribution in [2.75, 3.05) is 14.2 Å². The van der Waals surface area contributed by atoms with Gasteiger partial charge in [-0.1, -0.05) is 0 Å². The summed E-state index contributed by atoms with van der Waals surface area (Å²) in [5.41, 5.74) is 6.53. The second-order valence-electron chi connectivity index (χ2n) is 3.58. The molecule has 94 valence electrons. The molecule has 0 radical (unpaired) electrons. The van der Waals surface area contributed by atoms with Crippen LogP contribution in [0.3, 0.4) is 0 Å². The van der Waals surface area contributed by atoms with Gasteiger partial charge in [-0.15, -0.1) is 0 Å². The maximum Gasteiger partial charge on any atom is 0.284 e. The molecule has 0 aliphatic rings. The quantitative estimate of drug-likeness (QED) is 0.849. The monoisotopic (exact) mass is 247 g/mol. The molecule has 1 aromatic heterocycles. The van der Waals surface area contributed by atoms with Crippen LogP contribution in [-0.2, 0) is 0 Å². The van der Waals surface area contributed by atoms with Crippen molar-refractivity contribution in [3.8, 4) is 22.8 Å². The molecule has 0 spiro atoms. The lowest BCUT2D eigenvalue weighted by molar-refractivity contribution is 0.0991. The fourth-order valence-corrected chi connectivity index (χ4v) is 1.61. The molecule has 0 atom stereocenters. The van der Waals surface area contributed by atoms with E-state index in [4.69, 9.17) is 15.2 Å². The Balaban J connectivity index is 2.50. The third-order valence-corrected chi connectivity index (χ3v) is 2.51. The number of primary amides is 1. The van der Waals surface area contributed by atoms with E-state index in [1.165, 1.54) is 6.20 Å². The number of hydrogen-bond acceptors (Lipinski definition) is 4. The van der Waals surface area contributed by atoms with Gasteiger partial charge in [-0.3, -0.25) is 4.79 Å². The number of carbonyl (C=O) groups excluding carboxylic acids is 1. The Labute approximate surface area is 104 Å². The number of aromatic nitrogens is 2. The van der Waals surface area contributed by atoms with Crippen LogP contribution in [0.4, 0.5) is 0 Å². The Morgan fingerprint density at radius 2 is 2.11 bits per heavy atom. The van der Waals surface area contributed by atoms with Crippen molar-refractivity contribution in [2.45, 2.75) is 0 Å². The van der Waals surface area contributed by atoms with Crippen molar-refractivity contribution in [1.29, 1.82) is 0 Å². The number of nitrogens with one attached hydrogen (secondary N) is 1. The highest BCUT2D eigenvalue weighted by molar-refractivity contribution is 5.89. The summed E-state index contributed by atoms with van der Waals surface area (Å²) in [6.45, 7) is 0. The summed E-state index contributed by atoms with van der Waals surface area (Å²) in [7, 11) is 3.14. The second kappa shape index (κ2) is 4.79. The van der Waals surface area contributed by atoms with Gasteiger partial charge in [-0.25, -0.2) is 4.98 Å². The van der Waals surface area contributed by atoms with Gasteiger partial charge >= 0.3 is 0 Å². The largest absolute Gasteiger partial charge is 0.497 e. The lowest BCUT2D eigenvalue weighted by Crippen LogP contribution is -2.12. The van der Waals surface area contributed by atoms with Crippen LogP contribution < -0.4 is 15.2 Å². The molecule has 6 heteroatoms. The van der Waals surface area contributed by atoms with E-state index in [0.717, 1.165) is 5.56 Å². The van der Waals surface area contributed by atoms with Gasteiger partial charge in [0.05, 0.1) is 26.1 Å². The maximum absolute atomic E-state index is 11.0. The lowest BCUT2D eigenvalue weighted by atomic mass is 10.1. The second-order valence-corrected chi connectivity index (χ2v) is 3.58. The van der Waals surface area contributed by atoms with E-state index in [1.54, 1.807) is 32.4 Å². The molecule has 6 nitrogen and oxygen atoms in total. The number of rotatable bonds is 4. The van der Waals surface area contributed by atoms with Crippen LogP contribution in [0.25, 0.3) is 11.3 Å². The summed E-state index contributed by atoms with van der Waals surface area (Å²) in [5, 5.41) is 0. The van der Waals surface area contributed by atoms with E-state index in [2.05, 4.69) is 9.97 Å². The Morgan fingerprint density at radius 3 is 2.67 bits per heavy atom. The molecule has 0 saturated heterocycles. The fraction of sp³-hybridized carbons (Fsp3) is 0.167. The molecule has 1 aromatic carbocycles. The summed E-state index contributed by atoms with van der Waals surface area (Å²) >= 11 is 0. The summed E-state index contributed by atoms with van der Waals surface area (Å²) in [5.74, 6) is 0.828. The van der Waals surface area contributed by atoms with E-state index in [9.17, 15) is 4.79 Å². The van der Waals surface area contributed by atoms with Crippen LogP contribution in [0.2, 0.25) is 0 Å². The van der Waals surface area contributed by atoms with Crippen LogP contribution >= 0.6 is 0 Å². The minimum atomic E-state index is -0.608. The zero-order valence-electron chi connectivity index (χ0n) is 10.1. The summed E-state index contributed by atoms with van der Waals surface area (Å²) < 4.78 is 10.4. The molecule has 0 fully saturated rings. The third-order valence-electron chi connectivity index (χ3n) is 2.51. The van der Waals surface area contributed by atoms with Crippen molar-refractivity contribution < 1.29 is 14.3 Å². The molecule has 0 bridgehead atoms. The van der Waals surface area contributed by atoms with Crippen molar-refractivity contribution in [2.24, 2.45) is 5.73 Å². The fourth-order valence-electron chi connectivity index (χ4n) is 1.61. The van der Waals surface area contributed by atoms with Crippen LogP contribution in [0.5, 0.6) is 11.5 Å². The molecule has 3 N–H and O–H groups in total. The highest BCUT2D eigenvalue weighted by atomic mass is 16.5. The number of imidazole rings is 1. The minimum absolute atomic E-state index is 0.106. The lowest BCUT2D eigenvalue weighted by Gasteiger charge is -2.08. The predicted octanol–water partition coefficient (Wildman–Crippen LogP) is 1.19.